The number of methoxy groups -OCH3 is 1. The zero-order valence-electron chi connectivity index (χ0n) is 11.5. The van der Waals surface area contributed by atoms with Crippen molar-refractivity contribution in [2.45, 2.75) is 19.5 Å². The van der Waals surface area contributed by atoms with Gasteiger partial charge in [0, 0.05) is 27.6 Å². The average molecular weight is 355 g/mol. The molecule has 0 amide bonds. The van der Waals surface area contributed by atoms with Crippen molar-refractivity contribution in [1.82, 2.24) is 5.32 Å². The van der Waals surface area contributed by atoms with E-state index in [0.717, 1.165) is 20.8 Å². The molecule has 2 aromatic carbocycles. The van der Waals surface area contributed by atoms with Gasteiger partial charge in [0.05, 0.1) is 7.11 Å². The highest BCUT2D eigenvalue weighted by Gasteiger charge is 2.08. The molecule has 20 heavy (non-hydrogen) atoms. The number of rotatable bonds is 5. The van der Waals surface area contributed by atoms with E-state index in [1.807, 2.05) is 30.3 Å². The first-order valence-electron chi connectivity index (χ1n) is 6.41. The SMILES string of the molecule is COc1ccc(Cl)cc1CN[C@@H](C)c1cccc(Br)c1. The van der Waals surface area contributed by atoms with E-state index in [1.165, 1.54) is 5.56 Å². The molecule has 0 heterocycles. The van der Waals surface area contributed by atoms with Crippen LogP contribution >= 0.6 is 27.5 Å². The van der Waals surface area contributed by atoms with E-state index in [9.17, 15) is 0 Å². The standard InChI is InChI=1S/C16H17BrClNO/c1-11(12-4-3-5-14(17)8-12)19-10-13-9-15(18)6-7-16(13)20-2/h3-9,11,19H,10H2,1-2H3/t11-/m0/s1. The third kappa shape index (κ3) is 3.98. The molecule has 0 bridgehead atoms. The highest BCUT2D eigenvalue weighted by atomic mass is 79.9. The topological polar surface area (TPSA) is 21.3 Å². The van der Waals surface area contributed by atoms with Crippen molar-refractivity contribution in [2.24, 2.45) is 0 Å². The van der Waals surface area contributed by atoms with Crippen molar-refractivity contribution in [3.63, 3.8) is 0 Å². The monoisotopic (exact) mass is 353 g/mol. The molecule has 0 aliphatic rings. The van der Waals surface area contributed by atoms with Crippen molar-refractivity contribution in [1.29, 1.82) is 0 Å². The van der Waals surface area contributed by atoms with Crippen molar-refractivity contribution in [3.8, 4) is 5.75 Å². The average Bonchev–Trinajstić information content (AvgIpc) is 2.45. The molecule has 106 valence electrons. The van der Waals surface area contributed by atoms with Crippen LogP contribution in [0.25, 0.3) is 0 Å². The second-order valence-corrected chi connectivity index (χ2v) is 5.97. The fourth-order valence-corrected chi connectivity index (χ4v) is 2.65. The summed E-state index contributed by atoms with van der Waals surface area (Å²) in [5.74, 6) is 0.850. The molecule has 1 atom stereocenters. The molecule has 0 aliphatic heterocycles. The van der Waals surface area contributed by atoms with E-state index in [0.29, 0.717) is 6.54 Å². The summed E-state index contributed by atoms with van der Waals surface area (Å²) in [7, 11) is 1.67. The summed E-state index contributed by atoms with van der Waals surface area (Å²) in [6.45, 7) is 2.84. The molecule has 1 N–H and O–H groups in total. The molecule has 2 nitrogen and oxygen atoms in total. The number of hydrogen-bond donors (Lipinski definition) is 1. The molecule has 0 saturated heterocycles. The maximum Gasteiger partial charge on any atom is 0.123 e. The smallest absolute Gasteiger partial charge is 0.123 e. The second-order valence-electron chi connectivity index (χ2n) is 4.61. The van der Waals surface area contributed by atoms with Gasteiger partial charge in [-0.25, -0.2) is 0 Å². The van der Waals surface area contributed by atoms with Gasteiger partial charge in [-0.2, -0.15) is 0 Å². The summed E-state index contributed by atoms with van der Waals surface area (Å²) in [5, 5.41) is 4.20. The fourth-order valence-electron chi connectivity index (χ4n) is 2.04. The van der Waals surface area contributed by atoms with Crippen molar-refractivity contribution in [2.75, 3.05) is 7.11 Å². The molecule has 0 saturated carbocycles. The summed E-state index contributed by atoms with van der Waals surface area (Å²) in [6, 6.07) is 14.2. The Bertz CT molecular complexity index is 588. The van der Waals surface area contributed by atoms with Crippen LogP contribution in [0.1, 0.15) is 24.1 Å². The first kappa shape index (κ1) is 15.4. The predicted molar refractivity (Wildman–Crippen MR) is 87.4 cm³/mol. The Labute approximate surface area is 133 Å². The predicted octanol–water partition coefficient (Wildman–Crippen LogP) is 4.96. The molecule has 0 fully saturated rings. The number of benzene rings is 2. The highest BCUT2D eigenvalue weighted by Crippen LogP contribution is 2.24. The van der Waals surface area contributed by atoms with Gasteiger partial charge in [-0.3, -0.25) is 0 Å². The van der Waals surface area contributed by atoms with Gasteiger partial charge in [-0.05, 0) is 42.8 Å². The van der Waals surface area contributed by atoms with Crippen LogP contribution in [0, 0.1) is 0 Å². The zero-order valence-corrected chi connectivity index (χ0v) is 13.8. The van der Waals surface area contributed by atoms with Gasteiger partial charge in [0.1, 0.15) is 5.75 Å². The lowest BCUT2D eigenvalue weighted by molar-refractivity contribution is 0.406. The molecule has 0 unspecified atom stereocenters. The number of ether oxygens (including phenoxy) is 1. The molecule has 0 aromatic heterocycles. The van der Waals surface area contributed by atoms with Crippen molar-refractivity contribution in [3.05, 3.63) is 63.1 Å². The Balaban J connectivity index is 2.06. The molecule has 2 rings (SSSR count). The summed E-state index contributed by atoms with van der Waals surface area (Å²) in [5.41, 5.74) is 2.29. The number of halogens is 2. The van der Waals surface area contributed by atoms with Crippen molar-refractivity contribution >= 4 is 27.5 Å². The minimum Gasteiger partial charge on any atom is -0.496 e. The first-order valence-corrected chi connectivity index (χ1v) is 7.58. The number of nitrogens with one attached hydrogen (secondary N) is 1. The van der Waals surface area contributed by atoms with Crippen LogP contribution in [0.5, 0.6) is 5.75 Å². The van der Waals surface area contributed by atoms with Gasteiger partial charge >= 0.3 is 0 Å². The van der Waals surface area contributed by atoms with Gasteiger partial charge in [-0.15, -0.1) is 0 Å². The normalized spacial score (nSPS) is 12.2. The Morgan fingerprint density at radius 3 is 2.75 bits per heavy atom. The summed E-state index contributed by atoms with van der Waals surface area (Å²) in [4.78, 5) is 0. The van der Waals surface area contributed by atoms with Gasteiger partial charge in [-0.1, -0.05) is 39.7 Å². The lowest BCUT2D eigenvalue weighted by atomic mass is 10.1. The van der Waals surface area contributed by atoms with Gasteiger partial charge in [0.2, 0.25) is 0 Å². The van der Waals surface area contributed by atoms with E-state index in [4.69, 9.17) is 16.3 Å². The minimum atomic E-state index is 0.246. The van der Waals surface area contributed by atoms with Crippen LogP contribution in [-0.4, -0.2) is 7.11 Å². The quantitative estimate of drug-likeness (QED) is 0.819. The molecule has 0 radical (unpaired) electrons. The van der Waals surface area contributed by atoms with E-state index in [-0.39, 0.29) is 6.04 Å². The van der Waals surface area contributed by atoms with E-state index < -0.39 is 0 Å². The summed E-state index contributed by atoms with van der Waals surface area (Å²) >= 11 is 9.53. The maximum atomic E-state index is 6.04. The molecular weight excluding hydrogens is 338 g/mol. The van der Waals surface area contributed by atoms with Gasteiger partial charge in [0.15, 0.2) is 0 Å². The Kier molecular flexibility index (Phi) is 5.46. The maximum absolute atomic E-state index is 6.04. The van der Waals surface area contributed by atoms with Gasteiger partial charge < -0.3 is 10.1 Å². The van der Waals surface area contributed by atoms with E-state index in [2.05, 4.69) is 40.3 Å². The van der Waals surface area contributed by atoms with Crippen LogP contribution < -0.4 is 10.1 Å². The molecule has 4 heteroatoms. The first-order chi connectivity index (χ1) is 9.60. The summed E-state index contributed by atoms with van der Waals surface area (Å²) < 4.78 is 6.44. The second kappa shape index (κ2) is 7.11. The van der Waals surface area contributed by atoms with Crippen molar-refractivity contribution < 1.29 is 4.74 Å². The number of hydrogen-bond acceptors (Lipinski definition) is 2. The third-order valence-corrected chi connectivity index (χ3v) is 3.92. The fraction of sp³-hybridized carbons (Fsp3) is 0.250. The molecule has 0 aliphatic carbocycles. The van der Waals surface area contributed by atoms with Crippen LogP contribution in [0.3, 0.4) is 0 Å². The van der Waals surface area contributed by atoms with Crippen LogP contribution in [-0.2, 0) is 6.54 Å². The lowest BCUT2D eigenvalue weighted by Crippen LogP contribution is -2.18. The Hall–Kier alpha value is -1.03. The van der Waals surface area contributed by atoms with Gasteiger partial charge in [0.25, 0.3) is 0 Å². The van der Waals surface area contributed by atoms with Crippen LogP contribution in [0.15, 0.2) is 46.9 Å². The highest BCUT2D eigenvalue weighted by molar-refractivity contribution is 9.10. The van der Waals surface area contributed by atoms with E-state index in [1.54, 1.807) is 7.11 Å². The Morgan fingerprint density at radius 2 is 2.05 bits per heavy atom. The lowest BCUT2D eigenvalue weighted by Gasteiger charge is -2.16. The Morgan fingerprint density at radius 1 is 1.25 bits per heavy atom. The largest absolute Gasteiger partial charge is 0.496 e. The molecular formula is C16H17BrClNO. The molecule has 2 aromatic rings. The van der Waals surface area contributed by atoms with Crippen LogP contribution in [0.4, 0.5) is 0 Å². The van der Waals surface area contributed by atoms with E-state index >= 15 is 0 Å². The summed E-state index contributed by atoms with van der Waals surface area (Å²) in [6.07, 6.45) is 0. The molecule has 0 spiro atoms. The minimum absolute atomic E-state index is 0.246. The third-order valence-electron chi connectivity index (χ3n) is 3.19. The zero-order chi connectivity index (χ0) is 14.5. The van der Waals surface area contributed by atoms with Crippen LogP contribution in [0.2, 0.25) is 5.02 Å².